The second-order valence-electron chi connectivity index (χ2n) is 3.16. The van der Waals surface area contributed by atoms with Crippen molar-refractivity contribution in [3.8, 4) is 5.88 Å². The molecule has 0 amide bonds. The number of halogens is 3. The number of alkyl halides is 3. The Labute approximate surface area is 105 Å². The van der Waals surface area contributed by atoms with E-state index < -0.39 is 28.8 Å². The molecule has 0 spiro atoms. The Hall–Kier alpha value is -1.06. The molecule has 1 heterocycles. The average molecular weight is 284 g/mol. The van der Waals surface area contributed by atoms with E-state index >= 15 is 0 Å². The Morgan fingerprint density at radius 3 is 2.56 bits per heavy atom. The summed E-state index contributed by atoms with van der Waals surface area (Å²) in [6, 6.07) is 0. The van der Waals surface area contributed by atoms with Gasteiger partial charge in [0.2, 0.25) is 5.88 Å². The van der Waals surface area contributed by atoms with Crippen molar-refractivity contribution in [1.82, 2.24) is 9.97 Å². The lowest BCUT2D eigenvalue weighted by Gasteiger charge is -2.13. The summed E-state index contributed by atoms with van der Waals surface area (Å²) in [6.07, 6.45) is -2.80. The number of rotatable bonds is 5. The van der Waals surface area contributed by atoms with Gasteiger partial charge in [-0.25, -0.2) is 0 Å². The molecular formula is C9H11F3N2O3S. The van der Waals surface area contributed by atoms with E-state index in [1.165, 1.54) is 13.4 Å². The van der Waals surface area contributed by atoms with Crippen molar-refractivity contribution in [2.45, 2.75) is 11.3 Å². The number of nitrogens with zero attached hydrogens (tertiary/aromatic N) is 2. The predicted molar refractivity (Wildman–Crippen MR) is 56.7 cm³/mol. The molecule has 0 saturated carbocycles. The molecule has 102 valence electrons. The van der Waals surface area contributed by atoms with E-state index in [2.05, 4.69) is 14.7 Å². The fraction of sp³-hybridized carbons (Fsp3) is 0.556. The summed E-state index contributed by atoms with van der Waals surface area (Å²) in [5.74, 6) is -0.639. The van der Waals surface area contributed by atoms with Crippen LogP contribution in [0.15, 0.2) is 11.4 Å². The quantitative estimate of drug-likeness (QED) is 0.462. The standard InChI is InChI=1S/C9H11F3N2O3S/c1-16-3-4-17-7-6(9(10,11)12)5-13-8(14-7)18(2)15/h5H,3-4H2,1-2H3. The van der Waals surface area contributed by atoms with Crippen molar-refractivity contribution >= 4 is 11.2 Å². The molecule has 0 saturated heterocycles. The first kappa shape index (κ1) is 15.0. The number of methoxy groups -OCH3 is 1. The molecule has 1 rings (SSSR count). The molecule has 0 aromatic carbocycles. The zero-order chi connectivity index (χ0) is 13.8. The molecule has 1 unspecified atom stereocenters. The van der Waals surface area contributed by atoms with Crippen molar-refractivity contribution in [3.63, 3.8) is 0 Å². The Kier molecular flexibility index (Phi) is 5.17. The molecule has 1 aromatic heterocycles. The lowest BCUT2D eigenvalue weighted by atomic mass is 10.3. The Morgan fingerprint density at radius 1 is 1.39 bits per heavy atom. The van der Waals surface area contributed by atoms with E-state index in [9.17, 15) is 17.7 Å². The lowest BCUT2D eigenvalue weighted by Crippen LogP contribution is -2.16. The van der Waals surface area contributed by atoms with Gasteiger partial charge in [-0.2, -0.15) is 18.2 Å². The van der Waals surface area contributed by atoms with Gasteiger partial charge in [0.1, 0.15) is 18.4 Å². The van der Waals surface area contributed by atoms with Gasteiger partial charge in [0.15, 0.2) is 0 Å². The number of aromatic nitrogens is 2. The van der Waals surface area contributed by atoms with Crippen LogP contribution in [0.3, 0.4) is 0 Å². The van der Waals surface area contributed by atoms with E-state index in [0.717, 1.165) is 0 Å². The smallest absolute Gasteiger partial charge is 0.423 e. The first-order valence-corrected chi connectivity index (χ1v) is 6.31. The van der Waals surface area contributed by atoms with Crippen LogP contribution in [-0.4, -0.2) is 41.1 Å². The number of hydrogen-bond donors (Lipinski definition) is 0. The average Bonchev–Trinajstić information content (AvgIpc) is 2.27. The van der Waals surface area contributed by atoms with Crippen LogP contribution in [0.5, 0.6) is 5.88 Å². The molecule has 9 heteroatoms. The zero-order valence-corrected chi connectivity index (χ0v) is 10.5. The molecule has 0 aliphatic heterocycles. The van der Waals surface area contributed by atoms with Gasteiger partial charge in [-0.1, -0.05) is 0 Å². The summed E-state index contributed by atoms with van der Waals surface area (Å²) in [7, 11) is 1.39. The molecule has 0 N–H and O–H groups in total. The van der Waals surface area contributed by atoms with Crippen LogP contribution in [-0.2, 0) is 22.1 Å². The molecular weight excluding hydrogens is 273 g/mol. The first-order valence-electron chi connectivity index (χ1n) is 4.75. The van der Waals surface area contributed by atoms with E-state index in [1.54, 1.807) is 0 Å². The van der Waals surface area contributed by atoms with Crippen molar-refractivity contribution in [2.75, 3.05) is 26.6 Å². The molecule has 1 atom stereocenters. The second kappa shape index (κ2) is 6.21. The Bertz CT molecular complexity index is 401. The summed E-state index contributed by atoms with van der Waals surface area (Å²) in [6.45, 7) is 0.0260. The van der Waals surface area contributed by atoms with E-state index in [4.69, 9.17) is 4.74 Å². The number of ether oxygens (including phenoxy) is 2. The van der Waals surface area contributed by atoms with E-state index in [1.807, 2.05) is 0 Å². The summed E-state index contributed by atoms with van der Waals surface area (Å²) in [5, 5.41) is -0.213. The van der Waals surface area contributed by atoms with Gasteiger partial charge >= 0.3 is 11.3 Å². The van der Waals surface area contributed by atoms with Crippen LogP contribution in [0.1, 0.15) is 5.56 Å². The molecule has 5 nitrogen and oxygen atoms in total. The third kappa shape index (κ3) is 4.00. The van der Waals surface area contributed by atoms with Crippen LogP contribution in [0.25, 0.3) is 0 Å². The monoisotopic (exact) mass is 284 g/mol. The minimum Gasteiger partial charge on any atom is -0.609 e. The number of hydrogen-bond acceptors (Lipinski definition) is 5. The van der Waals surface area contributed by atoms with Crippen LogP contribution >= 0.6 is 0 Å². The molecule has 18 heavy (non-hydrogen) atoms. The zero-order valence-electron chi connectivity index (χ0n) is 9.65. The second-order valence-corrected chi connectivity index (χ2v) is 4.44. The maximum absolute atomic E-state index is 12.6. The van der Waals surface area contributed by atoms with Crippen LogP contribution < -0.4 is 4.74 Å². The van der Waals surface area contributed by atoms with Gasteiger partial charge < -0.3 is 14.0 Å². The minimum atomic E-state index is -4.63. The fourth-order valence-corrected chi connectivity index (χ4v) is 1.43. The van der Waals surface area contributed by atoms with Crippen molar-refractivity contribution in [3.05, 3.63) is 11.8 Å². The van der Waals surface area contributed by atoms with Crippen LogP contribution in [0.2, 0.25) is 0 Å². The maximum Gasteiger partial charge on any atom is 0.423 e. The normalized spacial score (nSPS) is 13.4. The summed E-state index contributed by atoms with van der Waals surface area (Å²) < 4.78 is 58.5. The maximum atomic E-state index is 12.6. The largest absolute Gasteiger partial charge is 0.609 e. The van der Waals surface area contributed by atoms with E-state index in [-0.39, 0.29) is 18.4 Å². The van der Waals surface area contributed by atoms with Crippen LogP contribution in [0.4, 0.5) is 13.2 Å². The summed E-state index contributed by atoms with van der Waals surface area (Å²) in [4.78, 5) is 6.89. The van der Waals surface area contributed by atoms with Gasteiger partial charge in [0.05, 0.1) is 12.8 Å². The van der Waals surface area contributed by atoms with Gasteiger partial charge in [0.25, 0.3) is 0 Å². The Balaban J connectivity index is 3.02. The van der Waals surface area contributed by atoms with Crippen LogP contribution in [0, 0.1) is 0 Å². The van der Waals surface area contributed by atoms with Gasteiger partial charge in [0, 0.05) is 18.3 Å². The minimum absolute atomic E-state index is 0.0909. The van der Waals surface area contributed by atoms with Crippen molar-refractivity contribution < 1.29 is 27.2 Å². The molecule has 0 fully saturated rings. The Morgan fingerprint density at radius 2 is 2.06 bits per heavy atom. The highest BCUT2D eigenvalue weighted by molar-refractivity contribution is 7.90. The summed E-state index contributed by atoms with van der Waals surface area (Å²) >= 11 is -1.58. The highest BCUT2D eigenvalue weighted by Gasteiger charge is 2.37. The highest BCUT2D eigenvalue weighted by atomic mass is 32.2. The molecule has 0 aliphatic rings. The lowest BCUT2D eigenvalue weighted by molar-refractivity contribution is -0.139. The van der Waals surface area contributed by atoms with Gasteiger partial charge in [-0.05, 0) is 0 Å². The predicted octanol–water partition coefficient (Wildman–Crippen LogP) is 1.26. The third-order valence-corrected chi connectivity index (χ3v) is 2.53. The summed E-state index contributed by atoms with van der Waals surface area (Å²) in [5.41, 5.74) is -1.10. The SMILES string of the molecule is COCCOc1nc([S+](C)[O-])ncc1C(F)(F)F. The molecule has 0 bridgehead atoms. The van der Waals surface area contributed by atoms with Gasteiger partial charge in [-0.3, -0.25) is 0 Å². The van der Waals surface area contributed by atoms with E-state index in [0.29, 0.717) is 6.20 Å². The van der Waals surface area contributed by atoms with Crippen molar-refractivity contribution in [1.29, 1.82) is 0 Å². The topological polar surface area (TPSA) is 67.3 Å². The molecule has 0 radical (unpaired) electrons. The highest BCUT2D eigenvalue weighted by Crippen LogP contribution is 2.34. The molecule has 1 aromatic rings. The third-order valence-electron chi connectivity index (χ3n) is 1.82. The first-order chi connectivity index (χ1) is 8.36. The van der Waals surface area contributed by atoms with Crippen molar-refractivity contribution in [2.24, 2.45) is 0 Å². The fourth-order valence-electron chi connectivity index (χ4n) is 1.02. The molecule has 0 aliphatic carbocycles. The van der Waals surface area contributed by atoms with Gasteiger partial charge in [-0.15, -0.1) is 4.98 Å².